The predicted molar refractivity (Wildman–Crippen MR) is 75.6 cm³/mol. The van der Waals surface area contributed by atoms with Crippen molar-refractivity contribution < 1.29 is 0 Å². The van der Waals surface area contributed by atoms with Gasteiger partial charge in [-0.15, -0.1) is 0 Å². The molecule has 1 atom stereocenters. The summed E-state index contributed by atoms with van der Waals surface area (Å²) in [4.78, 5) is 0. The topological polar surface area (TPSA) is 29.9 Å². The van der Waals surface area contributed by atoms with Gasteiger partial charge in [0.15, 0.2) is 0 Å². The van der Waals surface area contributed by atoms with Crippen LogP contribution < -0.4 is 5.32 Å². The molecule has 0 spiro atoms. The number of aromatic nitrogens is 2. The monoisotopic (exact) mass is 249 g/mol. The van der Waals surface area contributed by atoms with E-state index in [1.54, 1.807) is 0 Å². The van der Waals surface area contributed by atoms with Gasteiger partial charge < -0.3 is 5.32 Å². The second kappa shape index (κ2) is 5.87. The molecule has 18 heavy (non-hydrogen) atoms. The zero-order valence-electron chi connectivity index (χ0n) is 12.3. The minimum absolute atomic E-state index is 0.720. The molecule has 102 valence electrons. The van der Waals surface area contributed by atoms with Gasteiger partial charge in [0.2, 0.25) is 0 Å². The lowest BCUT2D eigenvalue weighted by molar-refractivity contribution is 0.413. The van der Waals surface area contributed by atoms with E-state index in [0.29, 0.717) is 0 Å². The first kappa shape index (κ1) is 13.6. The lowest BCUT2D eigenvalue weighted by Gasteiger charge is -2.12. The van der Waals surface area contributed by atoms with Crippen molar-refractivity contribution >= 4 is 0 Å². The Labute approximate surface area is 111 Å². The maximum Gasteiger partial charge on any atom is 0.0641 e. The molecule has 0 radical (unpaired) electrons. The molecular formula is C15H27N3. The Morgan fingerprint density at radius 2 is 2.11 bits per heavy atom. The van der Waals surface area contributed by atoms with E-state index in [1.807, 2.05) is 0 Å². The summed E-state index contributed by atoms with van der Waals surface area (Å²) in [6, 6.07) is 0.770. The van der Waals surface area contributed by atoms with Crippen molar-refractivity contribution in [1.82, 2.24) is 15.1 Å². The SMILES string of the molecule is CCCC(C)Cn1nc(C)c(CNC2CC2)c1C. The smallest absolute Gasteiger partial charge is 0.0641 e. The molecule has 0 aromatic carbocycles. The van der Waals surface area contributed by atoms with Crippen molar-refractivity contribution in [1.29, 1.82) is 0 Å². The quantitative estimate of drug-likeness (QED) is 0.804. The van der Waals surface area contributed by atoms with E-state index in [9.17, 15) is 0 Å². The molecule has 1 aromatic rings. The van der Waals surface area contributed by atoms with E-state index in [-0.39, 0.29) is 0 Å². The molecule has 1 unspecified atom stereocenters. The molecule has 1 aliphatic rings. The molecule has 0 amide bonds. The fourth-order valence-electron chi connectivity index (χ4n) is 2.58. The van der Waals surface area contributed by atoms with Crippen LogP contribution in [0.3, 0.4) is 0 Å². The van der Waals surface area contributed by atoms with Crippen LogP contribution >= 0.6 is 0 Å². The maximum absolute atomic E-state index is 4.71. The highest BCUT2D eigenvalue weighted by Gasteiger charge is 2.21. The molecule has 2 rings (SSSR count). The molecule has 0 bridgehead atoms. The molecule has 1 heterocycles. The van der Waals surface area contributed by atoms with E-state index in [1.165, 1.54) is 42.6 Å². The van der Waals surface area contributed by atoms with Crippen LogP contribution in [0, 0.1) is 19.8 Å². The maximum atomic E-state index is 4.71. The summed E-state index contributed by atoms with van der Waals surface area (Å²) < 4.78 is 2.21. The third-order valence-electron chi connectivity index (χ3n) is 3.94. The first-order chi connectivity index (χ1) is 8.61. The molecule has 1 saturated carbocycles. The first-order valence-electron chi connectivity index (χ1n) is 7.38. The molecule has 1 aromatic heterocycles. The van der Waals surface area contributed by atoms with Crippen molar-refractivity contribution in [3.05, 3.63) is 17.0 Å². The van der Waals surface area contributed by atoms with Crippen LogP contribution in [-0.2, 0) is 13.1 Å². The third-order valence-corrected chi connectivity index (χ3v) is 3.94. The van der Waals surface area contributed by atoms with Gasteiger partial charge in [-0.2, -0.15) is 5.10 Å². The normalized spacial score (nSPS) is 17.1. The van der Waals surface area contributed by atoms with Gasteiger partial charge in [-0.1, -0.05) is 20.3 Å². The standard InChI is InChI=1S/C15H27N3/c1-5-6-11(2)10-18-13(4)15(12(3)17-18)9-16-14-7-8-14/h11,14,16H,5-10H2,1-4H3. The Morgan fingerprint density at radius 3 is 2.72 bits per heavy atom. The molecule has 1 N–H and O–H groups in total. The zero-order valence-corrected chi connectivity index (χ0v) is 12.3. The minimum atomic E-state index is 0.720. The van der Waals surface area contributed by atoms with E-state index in [2.05, 4.69) is 37.7 Å². The van der Waals surface area contributed by atoms with Crippen molar-refractivity contribution in [3.63, 3.8) is 0 Å². The van der Waals surface area contributed by atoms with Gasteiger partial charge in [-0.05, 0) is 39.0 Å². The number of nitrogens with zero attached hydrogens (tertiary/aromatic N) is 2. The number of nitrogens with one attached hydrogen (secondary N) is 1. The van der Waals surface area contributed by atoms with Gasteiger partial charge >= 0.3 is 0 Å². The summed E-state index contributed by atoms with van der Waals surface area (Å²) in [7, 11) is 0. The number of hydrogen-bond acceptors (Lipinski definition) is 2. The fraction of sp³-hybridized carbons (Fsp3) is 0.800. The summed E-state index contributed by atoms with van der Waals surface area (Å²) >= 11 is 0. The summed E-state index contributed by atoms with van der Waals surface area (Å²) in [5.74, 6) is 0.720. The fourth-order valence-corrected chi connectivity index (χ4v) is 2.58. The van der Waals surface area contributed by atoms with E-state index in [4.69, 9.17) is 5.10 Å². The van der Waals surface area contributed by atoms with Gasteiger partial charge in [-0.3, -0.25) is 4.68 Å². The summed E-state index contributed by atoms with van der Waals surface area (Å²) in [5, 5.41) is 8.30. The number of aryl methyl sites for hydroxylation is 1. The van der Waals surface area contributed by atoms with Crippen molar-refractivity contribution in [2.24, 2.45) is 5.92 Å². The van der Waals surface area contributed by atoms with Gasteiger partial charge in [0, 0.05) is 30.4 Å². The van der Waals surface area contributed by atoms with Crippen molar-refractivity contribution in [2.75, 3.05) is 0 Å². The van der Waals surface area contributed by atoms with Crippen molar-refractivity contribution in [2.45, 2.75) is 72.5 Å². The molecule has 0 aliphatic heterocycles. The van der Waals surface area contributed by atoms with Crippen LogP contribution in [0.15, 0.2) is 0 Å². The Bertz CT molecular complexity index is 391. The average Bonchev–Trinajstić information content (AvgIpc) is 3.08. The Balaban J connectivity index is 1.99. The molecule has 1 aliphatic carbocycles. The summed E-state index contributed by atoms with van der Waals surface area (Å²) in [5.41, 5.74) is 3.96. The van der Waals surface area contributed by atoms with Crippen molar-refractivity contribution in [3.8, 4) is 0 Å². The second-order valence-electron chi connectivity index (χ2n) is 5.88. The van der Waals surface area contributed by atoms with Crippen LogP contribution in [0.25, 0.3) is 0 Å². The van der Waals surface area contributed by atoms with Crippen LogP contribution in [0.4, 0.5) is 0 Å². The minimum Gasteiger partial charge on any atom is -0.310 e. The van der Waals surface area contributed by atoms with Gasteiger partial charge in [-0.25, -0.2) is 0 Å². The van der Waals surface area contributed by atoms with Gasteiger partial charge in [0.1, 0.15) is 0 Å². The average molecular weight is 249 g/mol. The highest BCUT2D eigenvalue weighted by Crippen LogP contribution is 2.21. The van der Waals surface area contributed by atoms with Gasteiger partial charge in [0.05, 0.1) is 5.69 Å². The van der Waals surface area contributed by atoms with E-state index < -0.39 is 0 Å². The molecule has 1 fully saturated rings. The summed E-state index contributed by atoms with van der Waals surface area (Å²) in [6.45, 7) is 11.0. The highest BCUT2D eigenvalue weighted by atomic mass is 15.3. The van der Waals surface area contributed by atoms with Gasteiger partial charge in [0.25, 0.3) is 0 Å². The van der Waals surface area contributed by atoms with E-state index >= 15 is 0 Å². The zero-order chi connectivity index (χ0) is 13.1. The second-order valence-corrected chi connectivity index (χ2v) is 5.88. The largest absolute Gasteiger partial charge is 0.310 e. The van der Waals surface area contributed by atoms with Crippen LogP contribution in [0.5, 0.6) is 0 Å². The van der Waals surface area contributed by atoms with E-state index in [0.717, 1.165) is 25.0 Å². The Hall–Kier alpha value is -0.830. The number of hydrogen-bond donors (Lipinski definition) is 1. The highest BCUT2D eigenvalue weighted by molar-refractivity contribution is 5.24. The predicted octanol–water partition coefficient (Wildman–Crippen LogP) is 3.19. The van der Waals surface area contributed by atoms with Crippen LogP contribution in [-0.4, -0.2) is 15.8 Å². The first-order valence-corrected chi connectivity index (χ1v) is 7.38. The Kier molecular flexibility index (Phi) is 4.44. The third kappa shape index (κ3) is 3.35. The molecule has 0 saturated heterocycles. The lowest BCUT2D eigenvalue weighted by Crippen LogP contribution is -2.16. The van der Waals surface area contributed by atoms with Crippen LogP contribution in [0.1, 0.15) is 56.5 Å². The lowest BCUT2D eigenvalue weighted by atomic mass is 10.1. The molecular weight excluding hydrogens is 222 g/mol. The Morgan fingerprint density at radius 1 is 1.39 bits per heavy atom. The molecule has 3 nitrogen and oxygen atoms in total. The van der Waals surface area contributed by atoms with Crippen LogP contribution in [0.2, 0.25) is 0 Å². The molecule has 3 heteroatoms. The number of rotatable bonds is 7. The summed E-state index contributed by atoms with van der Waals surface area (Å²) in [6.07, 6.45) is 5.24.